The first-order valence-corrected chi connectivity index (χ1v) is 10.2. The van der Waals surface area contributed by atoms with Gasteiger partial charge in [-0.2, -0.15) is 0 Å². The van der Waals surface area contributed by atoms with Gasteiger partial charge in [-0.25, -0.2) is 4.98 Å². The maximum atomic E-state index is 12.7. The molecule has 1 aromatic rings. The van der Waals surface area contributed by atoms with E-state index in [1.165, 1.54) is 0 Å². The predicted molar refractivity (Wildman–Crippen MR) is 109 cm³/mol. The first-order valence-electron chi connectivity index (χ1n) is 10.2. The number of carbonyl (C=O) groups excluding carboxylic acids is 1. The minimum Gasteiger partial charge on any atom is -0.491 e. The number of hydrogen-bond donors (Lipinski definition) is 2. The molecule has 2 rings (SSSR count). The molecule has 1 amide bonds. The van der Waals surface area contributed by atoms with E-state index in [1.807, 2.05) is 26.8 Å². The van der Waals surface area contributed by atoms with Gasteiger partial charge >= 0.3 is 0 Å². The lowest BCUT2D eigenvalue weighted by Gasteiger charge is -2.33. The van der Waals surface area contributed by atoms with Crippen LogP contribution in [-0.4, -0.2) is 84.9 Å². The molecule has 1 fully saturated rings. The van der Waals surface area contributed by atoms with Gasteiger partial charge in [0.2, 0.25) is 11.8 Å². The van der Waals surface area contributed by atoms with E-state index in [-0.39, 0.29) is 12.5 Å². The summed E-state index contributed by atoms with van der Waals surface area (Å²) < 4.78 is 11.6. The summed E-state index contributed by atoms with van der Waals surface area (Å²) in [6.45, 7) is 11.5. The van der Waals surface area contributed by atoms with Gasteiger partial charge in [0.05, 0.1) is 26.4 Å². The second-order valence-corrected chi connectivity index (χ2v) is 7.03. The number of aliphatic hydroxyl groups is 1. The highest BCUT2D eigenvalue weighted by Crippen LogP contribution is 2.34. The van der Waals surface area contributed by atoms with Crippen molar-refractivity contribution in [3.8, 4) is 11.6 Å². The highest BCUT2D eigenvalue weighted by Gasteiger charge is 2.21. The maximum absolute atomic E-state index is 12.7. The van der Waals surface area contributed by atoms with Crippen LogP contribution in [0.15, 0.2) is 6.07 Å². The number of carbonyl (C=O) groups is 1. The average molecular weight is 395 g/mol. The smallest absolute Gasteiger partial charge is 0.241 e. The van der Waals surface area contributed by atoms with Gasteiger partial charge in [-0.3, -0.25) is 14.6 Å². The molecular formula is C20H34N4O4. The minimum absolute atomic E-state index is 0.107. The minimum atomic E-state index is -0.107. The molecule has 1 saturated heterocycles. The third-order valence-corrected chi connectivity index (χ3v) is 4.50. The SMILES string of the molecule is CCCOc1cc(C)nc(OCCC)c1NC(=O)CN1CCN(CCO)CC1. The quantitative estimate of drug-likeness (QED) is 0.588. The summed E-state index contributed by atoms with van der Waals surface area (Å²) in [4.78, 5) is 21.4. The molecule has 0 bridgehead atoms. The van der Waals surface area contributed by atoms with Crippen molar-refractivity contribution in [1.82, 2.24) is 14.8 Å². The van der Waals surface area contributed by atoms with Crippen LogP contribution >= 0.6 is 0 Å². The number of piperazine rings is 1. The Morgan fingerprint density at radius 2 is 1.79 bits per heavy atom. The number of nitrogens with zero attached hydrogens (tertiary/aromatic N) is 3. The van der Waals surface area contributed by atoms with E-state index in [0.717, 1.165) is 44.7 Å². The van der Waals surface area contributed by atoms with E-state index in [2.05, 4.69) is 20.1 Å². The molecular weight excluding hydrogens is 360 g/mol. The maximum Gasteiger partial charge on any atom is 0.241 e. The number of anilines is 1. The number of aromatic nitrogens is 1. The number of rotatable bonds is 11. The number of amides is 1. The van der Waals surface area contributed by atoms with Crippen LogP contribution in [0.4, 0.5) is 5.69 Å². The van der Waals surface area contributed by atoms with Crippen LogP contribution in [0, 0.1) is 6.92 Å². The molecule has 0 saturated carbocycles. The van der Waals surface area contributed by atoms with Gasteiger partial charge in [0.25, 0.3) is 0 Å². The van der Waals surface area contributed by atoms with Crippen molar-refractivity contribution in [2.75, 3.05) is 64.4 Å². The van der Waals surface area contributed by atoms with Crippen LogP contribution in [0.1, 0.15) is 32.4 Å². The molecule has 0 unspecified atom stereocenters. The molecule has 1 aliphatic rings. The normalized spacial score (nSPS) is 15.4. The van der Waals surface area contributed by atoms with Crippen LogP contribution in [0.2, 0.25) is 0 Å². The van der Waals surface area contributed by atoms with Gasteiger partial charge < -0.3 is 19.9 Å². The Hall–Kier alpha value is -1.90. The van der Waals surface area contributed by atoms with Gasteiger partial charge in [0.15, 0.2) is 0 Å². The Morgan fingerprint density at radius 3 is 2.43 bits per heavy atom. The van der Waals surface area contributed by atoms with Crippen LogP contribution in [0.25, 0.3) is 0 Å². The molecule has 0 spiro atoms. The molecule has 28 heavy (non-hydrogen) atoms. The molecule has 8 nitrogen and oxygen atoms in total. The average Bonchev–Trinajstić information content (AvgIpc) is 2.68. The largest absolute Gasteiger partial charge is 0.491 e. The van der Waals surface area contributed by atoms with Crippen LogP contribution < -0.4 is 14.8 Å². The number of β-amino-alcohol motifs (C(OH)–C–C–N with tert-alkyl or cyclic N) is 1. The highest BCUT2D eigenvalue weighted by molar-refractivity contribution is 5.95. The molecule has 1 aromatic heterocycles. The number of pyridine rings is 1. The van der Waals surface area contributed by atoms with E-state index in [1.54, 1.807) is 0 Å². The summed E-state index contributed by atoms with van der Waals surface area (Å²) in [5.74, 6) is 0.902. The summed E-state index contributed by atoms with van der Waals surface area (Å²) in [6, 6.07) is 1.83. The van der Waals surface area contributed by atoms with Crippen molar-refractivity contribution in [2.45, 2.75) is 33.6 Å². The zero-order valence-electron chi connectivity index (χ0n) is 17.4. The summed E-state index contributed by atoms with van der Waals surface area (Å²) in [6.07, 6.45) is 1.73. The van der Waals surface area contributed by atoms with Crippen LogP contribution in [0.3, 0.4) is 0 Å². The topological polar surface area (TPSA) is 87.2 Å². The number of ether oxygens (including phenoxy) is 2. The number of hydrogen-bond acceptors (Lipinski definition) is 7. The standard InChI is InChI=1S/C20H34N4O4/c1-4-12-27-17-14-16(3)21-20(28-13-5-2)19(17)22-18(26)15-24-8-6-23(7-9-24)10-11-25/h14,25H,4-13,15H2,1-3H3,(H,22,26). The zero-order valence-corrected chi connectivity index (χ0v) is 17.4. The number of aliphatic hydroxyl groups excluding tert-OH is 1. The summed E-state index contributed by atoms with van der Waals surface area (Å²) in [5.41, 5.74) is 1.30. The first-order chi connectivity index (χ1) is 13.6. The molecule has 0 atom stereocenters. The van der Waals surface area contributed by atoms with Crippen molar-refractivity contribution in [1.29, 1.82) is 0 Å². The lowest BCUT2D eigenvalue weighted by molar-refractivity contribution is -0.117. The zero-order chi connectivity index (χ0) is 20.4. The molecule has 0 radical (unpaired) electrons. The van der Waals surface area contributed by atoms with Gasteiger partial charge in [-0.1, -0.05) is 13.8 Å². The molecule has 0 aromatic carbocycles. The van der Waals surface area contributed by atoms with Gasteiger partial charge in [-0.05, 0) is 19.8 Å². The lowest BCUT2D eigenvalue weighted by Crippen LogP contribution is -2.49. The van der Waals surface area contributed by atoms with E-state index in [0.29, 0.717) is 43.6 Å². The monoisotopic (exact) mass is 394 g/mol. The fraction of sp³-hybridized carbons (Fsp3) is 0.700. The van der Waals surface area contributed by atoms with Crippen molar-refractivity contribution in [2.24, 2.45) is 0 Å². The van der Waals surface area contributed by atoms with E-state index >= 15 is 0 Å². The second kappa shape index (κ2) is 11.8. The summed E-state index contributed by atoms with van der Waals surface area (Å²) in [7, 11) is 0. The highest BCUT2D eigenvalue weighted by atomic mass is 16.5. The number of aryl methyl sites for hydroxylation is 1. The molecule has 0 aliphatic carbocycles. The van der Waals surface area contributed by atoms with E-state index in [9.17, 15) is 4.79 Å². The molecule has 2 heterocycles. The molecule has 2 N–H and O–H groups in total. The van der Waals surface area contributed by atoms with Crippen LogP contribution in [-0.2, 0) is 4.79 Å². The van der Waals surface area contributed by atoms with Crippen molar-refractivity contribution in [3.05, 3.63) is 11.8 Å². The Labute approximate surface area is 167 Å². The van der Waals surface area contributed by atoms with Gasteiger partial charge in [0, 0.05) is 44.5 Å². The van der Waals surface area contributed by atoms with Crippen LogP contribution in [0.5, 0.6) is 11.6 Å². The fourth-order valence-corrected chi connectivity index (χ4v) is 3.05. The Balaban J connectivity index is 2.04. The van der Waals surface area contributed by atoms with Gasteiger partial charge in [0.1, 0.15) is 11.4 Å². The van der Waals surface area contributed by atoms with E-state index < -0.39 is 0 Å². The molecule has 1 aliphatic heterocycles. The van der Waals surface area contributed by atoms with Crippen molar-refractivity contribution < 1.29 is 19.4 Å². The summed E-state index contributed by atoms with van der Waals surface area (Å²) >= 11 is 0. The Kier molecular flexibility index (Phi) is 9.46. The molecule has 8 heteroatoms. The Bertz CT molecular complexity index is 589. The van der Waals surface area contributed by atoms with Crippen molar-refractivity contribution in [3.63, 3.8) is 0 Å². The summed E-state index contributed by atoms with van der Waals surface area (Å²) in [5, 5.41) is 12.0. The fourth-order valence-electron chi connectivity index (χ4n) is 3.05. The molecule has 158 valence electrons. The van der Waals surface area contributed by atoms with E-state index in [4.69, 9.17) is 14.6 Å². The Morgan fingerprint density at radius 1 is 1.14 bits per heavy atom. The second-order valence-electron chi connectivity index (χ2n) is 7.03. The number of nitrogens with one attached hydrogen (secondary N) is 1. The van der Waals surface area contributed by atoms with Gasteiger partial charge in [-0.15, -0.1) is 0 Å². The van der Waals surface area contributed by atoms with Crippen molar-refractivity contribution >= 4 is 11.6 Å². The third-order valence-electron chi connectivity index (χ3n) is 4.50. The predicted octanol–water partition coefficient (Wildman–Crippen LogP) is 1.52. The third kappa shape index (κ3) is 6.92. The lowest BCUT2D eigenvalue weighted by atomic mass is 10.2. The first kappa shape index (κ1) is 22.4.